The molecule has 3 aromatic rings. The molecule has 3 amide bonds. The van der Waals surface area contributed by atoms with Crippen LogP contribution in [0.15, 0.2) is 78.9 Å². The standard InChI is InChI=1S/C27H25N3O7/c1-35-21-11-13-23(14-12-21)37-22-9-7-20(8-10-22)30-16-19(15-25(30)32)27(34)36-17-24(31)28-29-26(33)18-5-3-2-4-6-18/h2-14,19H,15-17H2,1H3,(H,28,31)(H,29,33)/t19-/m1/s1. The minimum atomic E-state index is -0.713. The van der Waals surface area contributed by atoms with E-state index in [1.165, 1.54) is 4.90 Å². The van der Waals surface area contributed by atoms with Gasteiger partial charge in [-0.05, 0) is 60.7 Å². The van der Waals surface area contributed by atoms with Gasteiger partial charge in [0.25, 0.3) is 11.8 Å². The lowest BCUT2D eigenvalue weighted by Gasteiger charge is -2.17. The second-order valence-electron chi connectivity index (χ2n) is 8.15. The van der Waals surface area contributed by atoms with Gasteiger partial charge in [-0.3, -0.25) is 30.0 Å². The third-order valence-electron chi connectivity index (χ3n) is 5.60. The van der Waals surface area contributed by atoms with Gasteiger partial charge < -0.3 is 19.1 Å². The average Bonchev–Trinajstić information content (AvgIpc) is 3.33. The SMILES string of the molecule is COc1ccc(Oc2ccc(N3C[C@H](C(=O)OCC(=O)NNC(=O)c4ccccc4)CC3=O)cc2)cc1. The fraction of sp³-hybridized carbons (Fsp3) is 0.185. The van der Waals surface area contributed by atoms with Crippen LogP contribution in [0.2, 0.25) is 0 Å². The van der Waals surface area contributed by atoms with E-state index < -0.39 is 30.3 Å². The van der Waals surface area contributed by atoms with Crippen LogP contribution in [0.5, 0.6) is 17.2 Å². The molecule has 0 unspecified atom stereocenters. The number of hydrogen-bond acceptors (Lipinski definition) is 7. The normalized spacial score (nSPS) is 14.6. The first-order valence-corrected chi connectivity index (χ1v) is 11.5. The number of carbonyl (C=O) groups excluding carboxylic acids is 4. The molecule has 0 aliphatic carbocycles. The third kappa shape index (κ3) is 6.63. The number of anilines is 1. The summed E-state index contributed by atoms with van der Waals surface area (Å²) >= 11 is 0. The van der Waals surface area contributed by atoms with Crippen LogP contribution in [-0.4, -0.2) is 44.0 Å². The molecule has 1 aliphatic rings. The number of esters is 1. The van der Waals surface area contributed by atoms with Crippen molar-refractivity contribution >= 4 is 29.4 Å². The molecule has 37 heavy (non-hydrogen) atoms. The Hall–Kier alpha value is -4.86. The number of nitrogens with one attached hydrogen (secondary N) is 2. The molecule has 1 fully saturated rings. The molecule has 1 heterocycles. The Morgan fingerprint density at radius 2 is 1.49 bits per heavy atom. The van der Waals surface area contributed by atoms with E-state index in [1.807, 2.05) is 0 Å². The summed E-state index contributed by atoms with van der Waals surface area (Å²) in [6, 6.07) is 22.4. The van der Waals surface area contributed by atoms with Crippen molar-refractivity contribution in [1.29, 1.82) is 0 Å². The Balaban J connectivity index is 1.24. The van der Waals surface area contributed by atoms with Crippen molar-refractivity contribution in [3.63, 3.8) is 0 Å². The number of methoxy groups -OCH3 is 1. The molecule has 2 N–H and O–H groups in total. The number of hydrogen-bond donors (Lipinski definition) is 2. The van der Waals surface area contributed by atoms with Gasteiger partial charge >= 0.3 is 5.97 Å². The van der Waals surface area contributed by atoms with E-state index in [9.17, 15) is 19.2 Å². The van der Waals surface area contributed by atoms with E-state index in [1.54, 1.807) is 86.0 Å². The Labute approximate surface area is 213 Å². The zero-order valence-corrected chi connectivity index (χ0v) is 20.0. The van der Waals surface area contributed by atoms with Crippen LogP contribution in [0.3, 0.4) is 0 Å². The fourth-order valence-corrected chi connectivity index (χ4v) is 3.67. The average molecular weight is 504 g/mol. The Morgan fingerprint density at radius 1 is 0.865 bits per heavy atom. The van der Waals surface area contributed by atoms with E-state index in [0.717, 1.165) is 5.75 Å². The first kappa shape index (κ1) is 25.2. The predicted molar refractivity (Wildman–Crippen MR) is 133 cm³/mol. The second-order valence-corrected chi connectivity index (χ2v) is 8.15. The van der Waals surface area contributed by atoms with Crippen LogP contribution in [-0.2, 0) is 19.1 Å². The first-order chi connectivity index (χ1) is 17.9. The van der Waals surface area contributed by atoms with Crippen molar-refractivity contribution in [2.24, 2.45) is 5.92 Å². The van der Waals surface area contributed by atoms with Gasteiger partial charge in [0.1, 0.15) is 17.2 Å². The highest BCUT2D eigenvalue weighted by Gasteiger charge is 2.36. The Kier molecular flexibility index (Phi) is 7.99. The van der Waals surface area contributed by atoms with E-state index in [0.29, 0.717) is 22.7 Å². The number of benzene rings is 3. The number of rotatable bonds is 8. The molecule has 0 radical (unpaired) electrons. The maximum absolute atomic E-state index is 12.5. The van der Waals surface area contributed by atoms with Crippen molar-refractivity contribution in [1.82, 2.24) is 10.9 Å². The molecule has 190 valence electrons. The number of carbonyl (C=O) groups is 4. The molecule has 10 nitrogen and oxygen atoms in total. The highest BCUT2D eigenvalue weighted by molar-refractivity contribution is 6.00. The van der Waals surface area contributed by atoms with Crippen molar-refractivity contribution < 1.29 is 33.4 Å². The topological polar surface area (TPSA) is 123 Å². The monoisotopic (exact) mass is 503 g/mol. The van der Waals surface area contributed by atoms with Crippen LogP contribution in [0.1, 0.15) is 16.8 Å². The van der Waals surface area contributed by atoms with Gasteiger partial charge in [0.2, 0.25) is 5.91 Å². The second kappa shape index (κ2) is 11.7. The van der Waals surface area contributed by atoms with Crippen molar-refractivity contribution in [2.45, 2.75) is 6.42 Å². The molecule has 3 aromatic carbocycles. The molecule has 1 atom stereocenters. The first-order valence-electron chi connectivity index (χ1n) is 11.5. The highest BCUT2D eigenvalue weighted by atomic mass is 16.5. The van der Waals surface area contributed by atoms with Crippen LogP contribution >= 0.6 is 0 Å². The summed E-state index contributed by atoms with van der Waals surface area (Å²) in [6.07, 6.45) is -0.0324. The molecule has 0 aromatic heterocycles. The Morgan fingerprint density at radius 3 is 2.14 bits per heavy atom. The molecular formula is C27H25N3O7. The van der Waals surface area contributed by atoms with Gasteiger partial charge in [-0.1, -0.05) is 18.2 Å². The minimum absolute atomic E-state index is 0.0324. The lowest BCUT2D eigenvalue weighted by Crippen LogP contribution is -2.43. The molecule has 0 bridgehead atoms. The summed E-state index contributed by atoms with van der Waals surface area (Å²) in [6.45, 7) is -0.460. The van der Waals surface area contributed by atoms with Gasteiger partial charge in [0, 0.05) is 24.2 Å². The molecule has 0 saturated carbocycles. The molecular weight excluding hydrogens is 478 g/mol. The fourth-order valence-electron chi connectivity index (χ4n) is 3.67. The van der Waals surface area contributed by atoms with Gasteiger partial charge in [-0.2, -0.15) is 0 Å². The third-order valence-corrected chi connectivity index (χ3v) is 5.60. The van der Waals surface area contributed by atoms with E-state index in [4.69, 9.17) is 14.2 Å². The molecule has 10 heteroatoms. The maximum Gasteiger partial charge on any atom is 0.311 e. The van der Waals surface area contributed by atoms with Gasteiger partial charge in [-0.25, -0.2) is 0 Å². The van der Waals surface area contributed by atoms with Crippen LogP contribution in [0.25, 0.3) is 0 Å². The lowest BCUT2D eigenvalue weighted by atomic mass is 10.1. The zero-order valence-electron chi connectivity index (χ0n) is 20.0. The largest absolute Gasteiger partial charge is 0.497 e. The van der Waals surface area contributed by atoms with E-state index in [2.05, 4.69) is 10.9 Å². The number of ether oxygens (including phenoxy) is 3. The number of amides is 3. The highest BCUT2D eigenvalue weighted by Crippen LogP contribution is 2.29. The Bertz CT molecular complexity index is 1260. The van der Waals surface area contributed by atoms with Gasteiger partial charge in [-0.15, -0.1) is 0 Å². The van der Waals surface area contributed by atoms with Crippen molar-refractivity contribution in [3.05, 3.63) is 84.4 Å². The number of nitrogens with zero attached hydrogens (tertiary/aromatic N) is 1. The van der Waals surface area contributed by atoms with Crippen molar-refractivity contribution in [3.8, 4) is 17.2 Å². The predicted octanol–water partition coefficient (Wildman–Crippen LogP) is 2.84. The quantitative estimate of drug-likeness (QED) is 0.358. The molecule has 1 saturated heterocycles. The summed E-state index contributed by atoms with van der Waals surface area (Å²) in [5.41, 5.74) is 5.41. The van der Waals surface area contributed by atoms with E-state index >= 15 is 0 Å². The van der Waals surface area contributed by atoms with Gasteiger partial charge in [0.05, 0.1) is 13.0 Å². The summed E-state index contributed by atoms with van der Waals surface area (Å²) in [7, 11) is 1.59. The van der Waals surface area contributed by atoms with Crippen LogP contribution in [0.4, 0.5) is 5.69 Å². The van der Waals surface area contributed by atoms with E-state index in [-0.39, 0.29) is 18.9 Å². The summed E-state index contributed by atoms with van der Waals surface area (Å²) < 4.78 is 16.0. The summed E-state index contributed by atoms with van der Waals surface area (Å²) in [5, 5.41) is 0. The smallest absolute Gasteiger partial charge is 0.311 e. The lowest BCUT2D eigenvalue weighted by molar-refractivity contribution is -0.152. The molecule has 0 spiro atoms. The number of hydrazine groups is 1. The molecule has 1 aliphatic heterocycles. The zero-order chi connectivity index (χ0) is 26.2. The summed E-state index contributed by atoms with van der Waals surface area (Å²) in [4.78, 5) is 50.3. The van der Waals surface area contributed by atoms with Crippen LogP contribution < -0.4 is 25.2 Å². The maximum atomic E-state index is 12.5. The van der Waals surface area contributed by atoms with Crippen LogP contribution in [0, 0.1) is 5.92 Å². The minimum Gasteiger partial charge on any atom is -0.497 e. The molecule has 4 rings (SSSR count). The van der Waals surface area contributed by atoms with Crippen molar-refractivity contribution in [2.75, 3.05) is 25.2 Å². The summed E-state index contributed by atoms with van der Waals surface area (Å²) in [5.74, 6) is -0.874. The van der Waals surface area contributed by atoms with Gasteiger partial charge in [0.15, 0.2) is 6.61 Å².